The van der Waals surface area contributed by atoms with Crippen LogP contribution in [0.25, 0.3) is 11.3 Å². The van der Waals surface area contributed by atoms with Gasteiger partial charge in [0.25, 0.3) is 0 Å². The number of carbonyl (C=O) groups excluding carboxylic acids is 2. The maximum atomic E-state index is 11.9. The normalized spacial score (nSPS) is 11.6. The molecule has 0 bridgehead atoms. The lowest BCUT2D eigenvalue weighted by molar-refractivity contribution is -0.141. The van der Waals surface area contributed by atoms with Crippen LogP contribution in [-0.4, -0.2) is 37.1 Å². The Kier molecular flexibility index (Phi) is 6.56. The van der Waals surface area contributed by atoms with Crippen LogP contribution in [0.4, 0.5) is 0 Å². The number of nitrogens with zero attached hydrogens (tertiary/aromatic N) is 1. The Morgan fingerprint density at radius 3 is 2.60 bits per heavy atom. The predicted molar refractivity (Wildman–Crippen MR) is 91.0 cm³/mol. The Hall–Kier alpha value is -2.83. The molecule has 25 heavy (non-hydrogen) atoms. The molecule has 1 N–H and O–H groups in total. The molecular formula is C18H22N2O5. The van der Waals surface area contributed by atoms with Crippen LogP contribution in [0, 0.1) is 0 Å². The van der Waals surface area contributed by atoms with Gasteiger partial charge in [0.1, 0.15) is 5.75 Å². The summed E-state index contributed by atoms with van der Waals surface area (Å²) in [6, 6.07) is 7.16. The van der Waals surface area contributed by atoms with Crippen LogP contribution in [0.5, 0.6) is 5.75 Å². The monoisotopic (exact) mass is 346 g/mol. The van der Waals surface area contributed by atoms with E-state index in [0.717, 1.165) is 11.3 Å². The molecule has 1 aromatic heterocycles. The van der Waals surface area contributed by atoms with Gasteiger partial charge < -0.3 is 19.2 Å². The standard InChI is InChI=1S/C18H22N2O5/c1-12(10-18(22)24-3)20-16(21)8-9-17-19-11-15(25-17)13-4-6-14(23-2)7-5-13/h4-7,11-12H,8-10H2,1-3H3,(H,20,21). The van der Waals surface area contributed by atoms with E-state index in [2.05, 4.69) is 15.0 Å². The maximum Gasteiger partial charge on any atom is 0.307 e. The first-order valence-electron chi connectivity index (χ1n) is 7.97. The number of aromatic nitrogens is 1. The zero-order valence-electron chi connectivity index (χ0n) is 14.6. The van der Waals surface area contributed by atoms with Crippen molar-refractivity contribution in [1.29, 1.82) is 0 Å². The van der Waals surface area contributed by atoms with Crippen molar-refractivity contribution in [2.24, 2.45) is 0 Å². The average molecular weight is 346 g/mol. The molecule has 1 unspecified atom stereocenters. The van der Waals surface area contributed by atoms with Gasteiger partial charge in [0, 0.05) is 24.4 Å². The third-order valence-corrected chi connectivity index (χ3v) is 3.60. The van der Waals surface area contributed by atoms with E-state index >= 15 is 0 Å². The summed E-state index contributed by atoms with van der Waals surface area (Å²) in [6.45, 7) is 1.75. The van der Waals surface area contributed by atoms with Crippen molar-refractivity contribution in [2.45, 2.75) is 32.2 Å². The summed E-state index contributed by atoms with van der Waals surface area (Å²) in [5.74, 6) is 1.37. The number of carbonyl (C=O) groups is 2. The molecule has 1 amide bonds. The van der Waals surface area contributed by atoms with Gasteiger partial charge in [0.2, 0.25) is 5.91 Å². The molecule has 1 atom stereocenters. The predicted octanol–water partition coefficient (Wildman–Crippen LogP) is 2.35. The lowest BCUT2D eigenvalue weighted by atomic mass is 10.2. The number of methoxy groups -OCH3 is 2. The topological polar surface area (TPSA) is 90.7 Å². The Morgan fingerprint density at radius 1 is 1.24 bits per heavy atom. The molecule has 0 aliphatic carbocycles. The Morgan fingerprint density at radius 2 is 1.96 bits per heavy atom. The van der Waals surface area contributed by atoms with Gasteiger partial charge in [-0.15, -0.1) is 0 Å². The number of rotatable bonds is 8. The lowest BCUT2D eigenvalue weighted by Gasteiger charge is -2.11. The van der Waals surface area contributed by atoms with E-state index in [1.165, 1.54) is 7.11 Å². The van der Waals surface area contributed by atoms with Gasteiger partial charge in [-0.1, -0.05) is 0 Å². The largest absolute Gasteiger partial charge is 0.497 e. The Balaban J connectivity index is 1.84. The summed E-state index contributed by atoms with van der Waals surface area (Å²) in [4.78, 5) is 27.2. The average Bonchev–Trinajstić information content (AvgIpc) is 3.08. The van der Waals surface area contributed by atoms with Gasteiger partial charge in [0.05, 0.1) is 26.8 Å². The number of amides is 1. The minimum Gasteiger partial charge on any atom is -0.497 e. The van der Waals surface area contributed by atoms with E-state index in [-0.39, 0.29) is 30.8 Å². The minimum absolute atomic E-state index is 0.142. The highest BCUT2D eigenvalue weighted by molar-refractivity contribution is 5.77. The molecule has 0 fully saturated rings. The summed E-state index contributed by atoms with van der Waals surface area (Å²) in [7, 11) is 2.93. The molecule has 1 heterocycles. The second kappa shape index (κ2) is 8.86. The number of oxazole rings is 1. The Bertz CT molecular complexity index is 709. The molecular weight excluding hydrogens is 324 g/mol. The lowest BCUT2D eigenvalue weighted by Crippen LogP contribution is -2.34. The molecule has 7 heteroatoms. The second-order valence-corrected chi connectivity index (χ2v) is 5.60. The first-order valence-corrected chi connectivity index (χ1v) is 7.97. The van der Waals surface area contributed by atoms with E-state index in [9.17, 15) is 9.59 Å². The van der Waals surface area contributed by atoms with Gasteiger partial charge in [-0.3, -0.25) is 9.59 Å². The van der Waals surface area contributed by atoms with Crippen LogP contribution in [0.2, 0.25) is 0 Å². The number of ether oxygens (including phenoxy) is 2. The van der Waals surface area contributed by atoms with Gasteiger partial charge in [-0.2, -0.15) is 0 Å². The van der Waals surface area contributed by atoms with Crippen molar-refractivity contribution >= 4 is 11.9 Å². The van der Waals surface area contributed by atoms with Crippen molar-refractivity contribution in [3.8, 4) is 17.1 Å². The summed E-state index contributed by atoms with van der Waals surface area (Å²) < 4.78 is 15.4. The van der Waals surface area contributed by atoms with Crippen LogP contribution in [-0.2, 0) is 20.7 Å². The van der Waals surface area contributed by atoms with E-state index in [1.807, 2.05) is 24.3 Å². The highest BCUT2D eigenvalue weighted by Crippen LogP contribution is 2.23. The van der Waals surface area contributed by atoms with Crippen molar-refractivity contribution in [1.82, 2.24) is 10.3 Å². The zero-order chi connectivity index (χ0) is 18.2. The summed E-state index contributed by atoms with van der Waals surface area (Å²) in [5.41, 5.74) is 0.885. The SMILES string of the molecule is COC(=O)CC(C)NC(=O)CCc1ncc(-c2ccc(OC)cc2)o1. The number of aryl methyl sites for hydroxylation is 1. The molecule has 1 aromatic carbocycles. The molecule has 134 valence electrons. The zero-order valence-corrected chi connectivity index (χ0v) is 14.6. The van der Waals surface area contributed by atoms with E-state index < -0.39 is 0 Å². The molecule has 0 spiro atoms. The molecule has 2 rings (SSSR count). The van der Waals surface area contributed by atoms with Crippen molar-refractivity contribution < 1.29 is 23.5 Å². The quantitative estimate of drug-likeness (QED) is 0.738. The molecule has 2 aromatic rings. The number of hydrogen-bond acceptors (Lipinski definition) is 6. The van der Waals surface area contributed by atoms with Gasteiger partial charge in [-0.05, 0) is 31.2 Å². The highest BCUT2D eigenvalue weighted by atomic mass is 16.5. The summed E-state index contributed by atoms with van der Waals surface area (Å²) in [6.07, 6.45) is 2.39. The van der Waals surface area contributed by atoms with Gasteiger partial charge >= 0.3 is 5.97 Å². The fourth-order valence-corrected chi connectivity index (χ4v) is 2.27. The molecule has 7 nitrogen and oxygen atoms in total. The smallest absolute Gasteiger partial charge is 0.307 e. The Labute approximate surface area is 146 Å². The molecule has 0 radical (unpaired) electrons. The molecule has 0 aliphatic heterocycles. The fourth-order valence-electron chi connectivity index (χ4n) is 2.27. The van der Waals surface area contributed by atoms with Crippen LogP contribution in [0.1, 0.15) is 25.7 Å². The van der Waals surface area contributed by atoms with Crippen molar-refractivity contribution in [3.63, 3.8) is 0 Å². The van der Waals surface area contributed by atoms with Gasteiger partial charge in [-0.25, -0.2) is 4.98 Å². The van der Waals surface area contributed by atoms with Crippen molar-refractivity contribution in [3.05, 3.63) is 36.4 Å². The summed E-state index contributed by atoms with van der Waals surface area (Å²) >= 11 is 0. The minimum atomic E-state index is -0.357. The van der Waals surface area contributed by atoms with Crippen LogP contribution in [0.3, 0.4) is 0 Å². The molecule has 0 saturated heterocycles. The number of esters is 1. The third kappa shape index (κ3) is 5.63. The number of nitrogens with one attached hydrogen (secondary N) is 1. The van der Waals surface area contributed by atoms with E-state index in [1.54, 1.807) is 20.2 Å². The first-order chi connectivity index (χ1) is 12.0. The van der Waals surface area contributed by atoms with Crippen LogP contribution < -0.4 is 10.1 Å². The van der Waals surface area contributed by atoms with E-state index in [0.29, 0.717) is 18.1 Å². The molecule has 0 saturated carbocycles. The van der Waals surface area contributed by atoms with Crippen molar-refractivity contribution in [2.75, 3.05) is 14.2 Å². The van der Waals surface area contributed by atoms with E-state index in [4.69, 9.17) is 9.15 Å². The fraction of sp³-hybridized carbons (Fsp3) is 0.389. The summed E-state index contributed by atoms with van der Waals surface area (Å²) in [5, 5.41) is 2.74. The van der Waals surface area contributed by atoms with Crippen LogP contribution in [0.15, 0.2) is 34.9 Å². The second-order valence-electron chi connectivity index (χ2n) is 5.60. The number of benzene rings is 1. The van der Waals surface area contributed by atoms with Gasteiger partial charge in [0.15, 0.2) is 11.7 Å². The number of hydrogen-bond donors (Lipinski definition) is 1. The molecule has 0 aliphatic rings. The highest BCUT2D eigenvalue weighted by Gasteiger charge is 2.13. The first kappa shape index (κ1) is 18.5. The maximum absolute atomic E-state index is 11.9. The third-order valence-electron chi connectivity index (χ3n) is 3.60. The van der Waals surface area contributed by atoms with Crippen LogP contribution >= 0.6 is 0 Å².